The van der Waals surface area contributed by atoms with Crippen LogP contribution in [0.4, 0.5) is 0 Å². The van der Waals surface area contributed by atoms with Gasteiger partial charge in [0.15, 0.2) is 0 Å². The molecule has 1 aliphatic rings. The van der Waals surface area contributed by atoms with Crippen LogP contribution in [0.3, 0.4) is 0 Å². The SMILES string of the molecule is CCCn1ncc(Br)c1C(NC)C1CCc2ccccc21. The molecular formula is C17H22BrN3. The summed E-state index contributed by atoms with van der Waals surface area (Å²) in [5.41, 5.74) is 4.27. The maximum Gasteiger partial charge on any atom is 0.0701 e. The molecule has 0 aliphatic heterocycles. The molecule has 1 N–H and O–H groups in total. The summed E-state index contributed by atoms with van der Waals surface area (Å²) in [7, 11) is 2.06. The van der Waals surface area contributed by atoms with E-state index in [1.54, 1.807) is 0 Å². The molecule has 0 spiro atoms. The van der Waals surface area contributed by atoms with E-state index in [-0.39, 0.29) is 0 Å². The molecule has 1 aliphatic carbocycles. The van der Waals surface area contributed by atoms with Gasteiger partial charge in [-0.2, -0.15) is 5.10 Å². The molecule has 1 aromatic carbocycles. The maximum absolute atomic E-state index is 4.53. The fourth-order valence-electron chi connectivity index (χ4n) is 3.54. The van der Waals surface area contributed by atoms with Crippen molar-refractivity contribution in [1.82, 2.24) is 15.1 Å². The lowest BCUT2D eigenvalue weighted by Crippen LogP contribution is -2.26. The first kappa shape index (κ1) is 14.8. The van der Waals surface area contributed by atoms with E-state index in [9.17, 15) is 0 Å². The van der Waals surface area contributed by atoms with Gasteiger partial charge in [-0.3, -0.25) is 4.68 Å². The van der Waals surface area contributed by atoms with Crippen molar-refractivity contribution in [3.05, 3.63) is 51.8 Å². The lowest BCUT2D eigenvalue weighted by Gasteiger charge is -2.25. The van der Waals surface area contributed by atoms with Crippen LogP contribution in [-0.4, -0.2) is 16.8 Å². The molecule has 1 aromatic heterocycles. The average Bonchev–Trinajstić information content (AvgIpc) is 3.07. The van der Waals surface area contributed by atoms with Crippen LogP contribution in [0.25, 0.3) is 0 Å². The Morgan fingerprint density at radius 3 is 3.00 bits per heavy atom. The van der Waals surface area contributed by atoms with Crippen molar-refractivity contribution in [2.24, 2.45) is 0 Å². The first-order chi connectivity index (χ1) is 10.3. The Morgan fingerprint density at radius 1 is 1.43 bits per heavy atom. The van der Waals surface area contributed by atoms with Gasteiger partial charge >= 0.3 is 0 Å². The molecule has 2 atom stereocenters. The molecule has 0 amide bonds. The number of aryl methyl sites for hydroxylation is 2. The Morgan fingerprint density at radius 2 is 2.24 bits per heavy atom. The van der Waals surface area contributed by atoms with Gasteiger partial charge in [-0.05, 0) is 53.4 Å². The smallest absolute Gasteiger partial charge is 0.0701 e. The molecule has 0 saturated heterocycles. The Bertz CT molecular complexity index is 620. The molecule has 2 unspecified atom stereocenters. The van der Waals surface area contributed by atoms with Crippen molar-refractivity contribution >= 4 is 15.9 Å². The molecule has 21 heavy (non-hydrogen) atoms. The summed E-state index contributed by atoms with van der Waals surface area (Å²) in [4.78, 5) is 0. The molecule has 0 bridgehead atoms. The van der Waals surface area contributed by atoms with Crippen LogP contribution in [0.5, 0.6) is 0 Å². The van der Waals surface area contributed by atoms with Crippen LogP contribution < -0.4 is 5.32 Å². The van der Waals surface area contributed by atoms with E-state index < -0.39 is 0 Å². The van der Waals surface area contributed by atoms with E-state index in [2.05, 4.69) is 69.3 Å². The lowest BCUT2D eigenvalue weighted by atomic mass is 9.91. The molecule has 0 fully saturated rings. The van der Waals surface area contributed by atoms with E-state index in [1.807, 2.05) is 6.20 Å². The number of aromatic nitrogens is 2. The molecule has 112 valence electrons. The number of halogens is 1. The molecule has 3 nitrogen and oxygen atoms in total. The highest BCUT2D eigenvalue weighted by Crippen LogP contribution is 2.43. The maximum atomic E-state index is 4.53. The van der Waals surface area contributed by atoms with Crippen LogP contribution in [0.15, 0.2) is 34.9 Å². The summed E-state index contributed by atoms with van der Waals surface area (Å²) < 4.78 is 3.26. The van der Waals surface area contributed by atoms with Crippen LogP contribution in [0.2, 0.25) is 0 Å². The number of fused-ring (bicyclic) bond motifs is 1. The highest BCUT2D eigenvalue weighted by Gasteiger charge is 2.32. The zero-order valence-electron chi connectivity index (χ0n) is 12.6. The van der Waals surface area contributed by atoms with E-state index in [0.29, 0.717) is 12.0 Å². The minimum atomic E-state index is 0.303. The highest BCUT2D eigenvalue weighted by molar-refractivity contribution is 9.10. The number of rotatable bonds is 5. The number of benzene rings is 1. The second-order valence-electron chi connectivity index (χ2n) is 5.71. The largest absolute Gasteiger partial charge is 0.311 e. The summed E-state index contributed by atoms with van der Waals surface area (Å²) in [6.07, 6.45) is 5.40. The average molecular weight is 348 g/mol. The van der Waals surface area contributed by atoms with Crippen molar-refractivity contribution in [2.45, 2.75) is 44.7 Å². The molecule has 2 aromatic rings. The Labute approximate surface area is 134 Å². The predicted molar refractivity (Wildman–Crippen MR) is 89.5 cm³/mol. The van der Waals surface area contributed by atoms with E-state index in [1.165, 1.54) is 29.7 Å². The summed E-state index contributed by atoms with van der Waals surface area (Å²) in [6, 6.07) is 9.15. The minimum Gasteiger partial charge on any atom is -0.311 e. The number of nitrogens with zero attached hydrogens (tertiary/aromatic N) is 2. The molecule has 3 rings (SSSR count). The summed E-state index contributed by atoms with van der Waals surface area (Å²) in [5.74, 6) is 0.523. The van der Waals surface area contributed by atoms with E-state index in [0.717, 1.165) is 17.4 Å². The number of nitrogens with one attached hydrogen (secondary N) is 1. The standard InChI is InChI=1S/C17H22BrN3/c1-3-10-21-17(15(18)11-20-21)16(19-2)14-9-8-12-6-4-5-7-13(12)14/h4-7,11,14,16,19H,3,8-10H2,1-2H3. The molecule has 4 heteroatoms. The van der Waals surface area contributed by atoms with Gasteiger partial charge in [-0.1, -0.05) is 31.2 Å². The third-order valence-electron chi connectivity index (χ3n) is 4.46. The Kier molecular flexibility index (Phi) is 4.45. The summed E-state index contributed by atoms with van der Waals surface area (Å²) in [6.45, 7) is 3.16. The third-order valence-corrected chi connectivity index (χ3v) is 5.07. The van der Waals surface area contributed by atoms with Crippen LogP contribution >= 0.6 is 15.9 Å². The van der Waals surface area contributed by atoms with Crippen molar-refractivity contribution in [3.63, 3.8) is 0 Å². The highest BCUT2D eigenvalue weighted by atomic mass is 79.9. The second kappa shape index (κ2) is 6.32. The normalized spacial score (nSPS) is 18.7. The molecular weight excluding hydrogens is 326 g/mol. The van der Waals surface area contributed by atoms with Crippen molar-refractivity contribution in [3.8, 4) is 0 Å². The quantitative estimate of drug-likeness (QED) is 0.884. The van der Waals surface area contributed by atoms with Gasteiger partial charge in [0.2, 0.25) is 0 Å². The first-order valence-corrected chi connectivity index (χ1v) is 8.51. The zero-order valence-corrected chi connectivity index (χ0v) is 14.2. The number of hydrogen-bond donors (Lipinski definition) is 1. The van der Waals surface area contributed by atoms with Gasteiger partial charge < -0.3 is 5.32 Å². The Hall–Kier alpha value is -1.13. The van der Waals surface area contributed by atoms with Gasteiger partial charge in [0.05, 0.1) is 22.4 Å². The number of likely N-dealkylation sites (N-methyl/N-ethyl adjacent to an activating group) is 1. The Balaban J connectivity index is 1.99. The fraction of sp³-hybridized carbons (Fsp3) is 0.471. The van der Waals surface area contributed by atoms with Gasteiger partial charge in [0.25, 0.3) is 0 Å². The molecule has 0 saturated carbocycles. The monoisotopic (exact) mass is 347 g/mol. The second-order valence-corrected chi connectivity index (χ2v) is 6.57. The van der Waals surface area contributed by atoms with Gasteiger partial charge in [0.1, 0.15) is 0 Å². The van der Waals surface area contributed by atoms with Gasteiger partial charge in [0, 0.05) is 12.5 Å². The van der Waals surface area contributed by atoms with Crippen molar-refractivity contribution < 1.29 is 0 Å². The zero-order chi connectivity index (χ0) is 14.8. The lowest BCUT2D eigenvalue weighted by molar-refractivity contribution is 0.430. The summed E-state index contributed by atoms with van der Waals surface area (Å²) in [5, 5.41) is 8.07. The van der Waals surface area contributed by atoms with Crippen LogP contribution in [0, 0.1) is 0 Å². The predicted octanol–water partition coefficient (Wildman–Crippen LogP) is 4.05. The fourth-order valence-corrected chi connectivity index (χ4v) is 4.08. The topological polar surface area (TPSA) is 29.9 Å². The number of hydrogen-bond acceptors (Lipinski definition) is 2. The van der Waals surface area contributed by atoms with Crippen LogP contribution in [-0.2, 0) is 13.0 Å². The van der Waals surface area contributed by atoms with Gasteiger partial charge in [-0.25, -0.2) is 0 Å². The van der Waals surface area contributed by atoms with Crippen molar-refractivity contribution in [2.75, 3.05) is 7.05 Å². The van der Waals surface area contributed by atoms with Crippen molar-refractivity contribution in [1.29, 1.82) is 0 Å². The van der Waals surface area contributed by atoms with E-state index >= 15 is 0 Å². The van der Waals surface area contributed by atoms with Gasteiger partial charge in [-0.15, -0.1) is 0 Å². The third kappa shape index (κ3) is 2.67. The van der Waals surface area contributed by atoms with Crippen LogP contribution in [0.1, 0.15) is 48.5 Å². The first-order valence-electron chi connectivity index (χ1n) is 7.72. The summed E-state index contributed by atoms with van der Waals surface area (Å²) >= 11 is 3.69. The molecule has 1 heterocycles. The molecule has 0 radical (unpaired) electrons. The minimum absolute atomic E-state index is 0.303. The van der Waals surface area contributed by atoms with E-state index in [4.69, 9.17) is 0 Å².